The van der Waals surface area contributed by atoms with Crippen molar-refractivity contribution in [2.45, 2.75) is 36.2 Å². The second kappa shape index (κ2) is 7.31. The summed E-state index contributed by atoms with van der Waals surface area (Å²) in [6, 6.07) is 5.99. The smallest absolute Gasteiger partial charge is 0.269 e. The van der Waals surface area contributed by atoms with Crippen LogP contribution >= 0.6 is 11.8 Å². The van der Waals surface area contributed by atoms with Crippen LogP contribution in [-0.4, -0.2) is 29.9 Å². The molecule has 0 radical (unpaired) electrons. The number of aromatic nitrogens is 5. The van der Waals surface area contributed by atoms with Gasteiger partial charge in [-0.25, -0.2) is 0 Å². The van der Waals surface area contributed by atoms with E-state index < -0.39 is 4.92 Å². The molecule has 0 spiro atoms. The fourth-order valence-corrected chi connectivity index (χ4v) is 3.42. The van der Waals surface area contributed by atoms with Crippen molar-refractivity contribution in [3.63, 3.8) is 0 Å². The predicted molar refractivity (Wildman–Crippen MR) is 98.1 cm³/mol. The minimum Gasteiger partial charge on any atom is -0.420 e. The molecule has 138 valence electrons. The molecule has 1 saturated carbocycles. The van der Waals surface area contributed by atoms with Gasteiger partial charge in [-0.1, -0.05) is 17.8 Å². The number of thioether (sulfide) groups is 1. The van der Waals surface area contributed by atoms with Gasteiger partial charge in [-0.3, -0.25) is 10.1 Å². The molecule has 9 nitrogen and oxygen atoms in total. The lowest BCUT2D eigenvalue weighted by Crippen LogP contribution is -2.02. The normalized spacial score (nSPS) is 13.6. The van der Waals surface area contributed by atoms with Crippen molar-refractivity contribution < 1.29 is 9.34 Å². The molecule has 1 fully saturated rings. The summed E-state index contributed by atoms with van der Waals surface area (Å²) in [7, 11) is 0. The zero-order valence-electron chi connectivity index (χ0n) is 14.3. The average molecular weight is 384 g/mol. The largest absolute Gasteiger partial charge is 0.420 e. The van der Waals surface area contributed by atoms with E-state index >= 15 is 0 Å². The summed E-state index contributed by atoms with van der Waals surface area (Å²) in [6.07, 6.45) is 4.14. The van der Waals surface area contributed by atoms with Crippen LogP contribution in [0.4, 0.5) is 5.69 Å². The number of allylic oxidation sites excluding steroid dienone is 1. The highest BCUT2D eigenvalue weighted by molar-refractivity contribution is 7.98. The summed E-state index contributed by atoms with van der Waals surface area (Å²) in [6.45, 7) is 4.47. The van der Waals surface area contributed by atoms with E-state index in [0.29, 0.717) is 35.6 Å². The fraction of sp³-hybridized carbons (Fsp3) is 0.294. The number of nitro benzene ring substituents is 1. The molecule has 10 heteroatoms. The maximum atomic E-state index is 10.7. The highest BCUT2D eigenvalue weighted by Crippen LogP contribution is 2.40. The third-order valence-electron chi connectivity index (χ3n) is 4.12. The van der Waals surface area contributed by atoms with Crippen LogP contribution in [-0.2, 0) is 12.3 Å². The number of benzene rings is 1. The maximum Gasteiger partial charge on any atom is 0.269 e. The van der Waals surface area contributed by atoms with Gasteiger partial charge in [-0.2, -0.15) is 0 Å². The van der Waals surface area contributed by atoms with Crippen LogP contribution in [0.25, 0.3) is 11.5 Å². The van der Waals surface area contributed by atoms with Crippen LogP contribution in [0.5, 0.6) is 0 Å². The zero-order valence-corrected chi connectivity index (χ0v) is 15.1. The molecule has 27 heavy (non-hydrogen) atoms. The number of nitrogens with zero attached hydrogens (tertiary/aromatic N) is 6. The summed E-state index contributed by atoms with van der Waals surface area (Å²) in [5.41, 5.74) is 0.650. The molecule has 1 aliphatic carbocycles. The summed E-state index contributed by atoms with van der Waals surface area (Å²) < 4.78 is 7.74. The summed E-state index contributed by atoms with van der Waals surface area (Å²) in [5.74, 6) is 2.75. The standard InChI is InChI=1S/C17H16N6O3S/c1-2-9-22-15(11-3-4-11)19-21-17(22)27-10-14-18-20-16(26-14)12-5-7-13(8-6-12)23(24)25/h2,5-8,11H,1,3-4,9-10H2. The fourth-order valence-electron chi connectivity index (χ4n) is 2.63. The van der Waals surface area contributed by atoms with Gasteiger partial charge in [0, 0.05) is 30.2 Å². The Balaban J connectivity index is 1.45. The Kier molecular flexibility index (Phi) is 4.71. The molecule has 0 N–H and O–H groups in total. The minimum absolute atomic E-state index is 0.0158. The van der Waals surface area contributed by atoms with E-state index in [2.05, 4.69) is 31.5 Å². The molecule has 2 heterocycles. The van der Waals surface area contributed by atoms with Crippen molar-refractivity contribution in [1.29, 1.82) is 0 Å². The molecule has 4 rings (SSSR count). The lowest BCUT2D eigenvalue weighted by atomic mass is 10.2. The van der Waals surface area contributed by atoms with Crippen LogP contribution in [0.15, 0.2) is 46.5 Å². The maximum absolute atomic E-state index is 10.7. The van der Waals surface area contributed by atoms with Crippen LogP contribution in [0.3, 0.4) is 0 Å². The molecule has 1 aliphatic rings. The van der Waals surface area contributed by atoms with Gasteiger partial charge >= 0.3 is 0 Å². The van der Waals surface area contributed by atoms with Gasteiger partial charge in [0.05, 0.1) is 10.7 Å². The van der Waals surface area contributed by atoms with Crippen LogP contribution < -0.4 is 0 Å². The lowest BCUT2D eigenvalue weighted by Gasteiger charge is -2.05. The van der Waals surface area contributed by atoms with Crippen molar-refractivity contribution in [2.75, 3.05) is 0 Å². The van der Waals surface area contributed by atoms with Crippen molar-refractivity contribution >= 4 is 17.4 Å². The lowest BCUT2D eigenvalue weighted by molar-refractivity contribution is -0.384. The van der Waals surface area contributed by atoms with Crippen molar-refractivity contribution in [3.8, 4) is 11.5 Å². The molecular weight excluding hydrogens is 368 g/mol. The Morgan fingerprint density at radius 1 is 1.26 bits per heavy atom. The number of rotatable bonds is 8. The molecule has 0 aliphatic heterocycles. The van der Waals surface area contributed by atoms with Crippen molar-refractivity contribution in [2.24, 2.45) is 0 Å². The first-order chi connectivity index (χ1) is 13.2. The van der Waals surface area contributed by atoms with E-state index in [1.807, 2.05) is 6.08 Å². The predicted octanol–water partition coefficient (Wildman–Crippen LogP) is 3.59. The Labute approximate surface area is 158 Å². The Morgan fingerprint density at radius 2 is 2.04 bits per heavy atom. The van der Waals surface area contributed by atoms with Gasteiger partial charge in [0.2, 0.25) is 11.8 Å². The molecule has 2 aromatic heterocycles. The number of hydrogen-bond acceptors (Lipinski definition) is 8. The summed E-state index contributed by atoms with van der Waals surface area (Å²) in [4.78, 5) is 10.3. The van der Waals surface area contributed by atoms with E-state index in [0.717, 1.165) is 23.8 Å². The van der Waals surface area contributed by atoms with E-state index in [1.54, 1.807) is 12.1 Å². The molecule has 0 bridgehead atoms. The number of hydrogen-bond donors (Lipinski definition) is 0. The van der Waals surface area contributed by atoms with E-state index in [1.165, 1.54) is 23.9 Å². The van der Waals surface area contributed by atoms with Crippen LogP contribution in [0.1, 0.15) is 30.5 Å². The molecule has 0 atom stereocenters. The molecular formula is C17H16N6O3S. The molecule has 1 aromatic carbocycles. The topological polar surface area (TPSA) is 113 Å². The first-order valence-electron chi connectivity index (χ1n) is 8.39. The molecule has 0 amide bonds. The van der Waals surface area contributed by atoms with Gasteiger partial charge in [-0.15, -0.1) is 27.0 Å². The third-order valence-corrected chi connectivity index (χ3v) is 5.07. The molecule has 3 aromatic rings. The van der Waals surface area contributed by atoms with E-state index in [-0.39, 0.29) is 5.69 Å². The van der Waals surface area contributed by atoms with Gasteiger partial charge < -0.3 is 8.98 Å². The van der Waals surface area contributed by atoms with E-state index in [9.17, 15) is 10.1 Å². The Morgan fingerprint density at radius 3 is 2.70 bits per heavy atom. The highest BCUT2D eigenvalue weighted by Gasteiger charge is 2.30. The van der Waals surface area contributed by atoms with Gasteiger partial charge in [0.25, 0.3) is 5.69 Å². The third kappa shape index (κ3) is 3.75. The second-order valence-electron chi connectivity index (χ2n) is 6.11. The van der Waals surface area contributed by atoms with Crippen molar-refractivity contribution in [3.05, 3.63) is 58.7 Å². The monoisotopic (exact) mass is 384 g/mol. The average Bonchev–Trinajstić information content (AvgIpc) is 3.27. The summed E-state index contributed by atoms with van der Waals surface area (Å²) >= 11 is 1.48. The van der Waals surface area contributed by atoms with Crippen molar-refractivity contribution in [1.82, 2.24) is 25.0 Å². The highest BCUT2D eigenvalue weighted by atomic mass is 32.2. The zero-order chi connectivity index (χ0) is 18.8. The SMILES string of the molecule is C=CCn1c(SCc2nnc(-c3ccc([N+](=O)[O-])cc3)o2)nnc1C1CC1. The number of non-ortho nitro benzene ring substituents is 1. The van der Waals surface area contributed by atoms with Gasteiger partial charge in [-0.05, 0) is 25.0 Å². The summed E-state index contributed by atoms with van der Waals surface area (Å²) in [5, 5.41) is 28.2. The number of nitro groups is 1. The van der Waals surface area contributed by atoms with Gasteiger partial charge in [0.15, 0.2) is 5.16 Å². The molecule has 0 saturated heterocycles. The first kappa shape index (κ1) is 17.4. The molecule has 0 unspecified atom stereocenters. The van der Waals surface area contributed by atoms with Crippen LogP contribution in [0.2, 0.25) is 0 Å². The second-order valence-corrected chi connectivity index (χ2v) is 7.05. The quantitative estimate of drug-likeness (QED) is 0.251. The van der Waals surface area contributed by atoms with Crippen LogP contribution in [0, 0.1) is 10.1 Å². The Bertz CT molecular complexity index is 977. The minimum atomic E-state index is -0.449. The first-order valence-corrected chi connectivity index (χ1v) is 9.38. The van der Waals surface area contributed by atoms with Gasteiger partial charge in [0.1, 0.15) is 5.82 Å². The van der Waals surface area contributed by atoms with E-state index in [4.69, 9.17) is 4.42 Å². The Hall–Kier alpha value is -3.01.